The van der Waals surface area contributed by atoms with Gasteiger partial charge in [-0.25, -0.2) is 0 Å². The van der Waals surface area contributed by atoms with Gasteiger partial charge in [0.1, 0.15) is 24.1 Å². The van der Waals surface area contributed by atoms with Crippen molar-refractivity contribution in [2.45, 2.75) is 25.4 Å². The van der Waals surface area contributed by atoms with Crippen molar-refractivity contribution in [3.8, 4) is 22.4 Å². The summed E-state index contributed by atoms with van der Waals surface area (Å²) < 4.78 is 79.3. The summed E-state index contributed by atoms with van der Waals surface area (Å²) in [5.41, 5.74) is 2.15. The Balaban J connectivity index is 0.000000157. The number of aromatic nitrogens is 10. The molecule has 0 saturated carbocycles. The zero-order chi connectivity index (χ0) is 35.2. The van der Waals surface area contributed by atoms with E-state index in [0.717, 1.165) is 5.56 Å². The molecule has 0 aliphatic carbocycles. The van der Waals surface area contributed by atoms with E-state index in [0.29, 0.717) is 37.0 Å². The van der Waals surface area contributed by atoms with E-state index in [1.165, 1.54) is 30.7 Å². The van der Waals surface area contributed by atoms with Crippen LogP contribution in [0.4, 0.5) is 26.3 Å². The van der Waals surface area contributed by atoms with Crippen LogP contribution in [0.2, 0.25) is 0 Å². The predicted octanol–water partition coefficient (Wildman–Crippen LogP) is 5.79. The van der Waals surface area contributed by atoms with Crippen molar-refractivity contribution in [3.63, 3.8) is 0 Å². The minimum Gasteiger partial charge on any atom is -0.297 e. The van der Waals surface area contributed by atoms with E-state index in [9.17, 15) is 35.9 Å². The van der Waals surface area contributed by atoms with Gasteiger partial charge < -0.3 is 0 Å². The fourth-order valence-corrected chi connectivity index (χ4v) is 5.52. The monoisotopic (exact) mass is 690 g/mol. The van der Waals surface area contributed by atoms with Crippen LogP contribution in [-0.4, -0.2) is 61.8 Å². The van der Waals surface area contributed by atoms with E-state index in [1.807, 2.05) is 0 Å². The topological polar surface area (TPSA) is 153 Å². The molecule has 8 aromatic rings. The second kappa shape index (κ2) is 12.2. The smallest absolute Gasteiger partial charge is 0.297 e. The first kappa shape index (κ1) is 32.1. The Labute approximate surface area is 274 Å². The SMILES string of the molecule is O=c1c2cn[nH]c2c2ncc(-c3ccccn3)cc2n1CC(F)(F)F.O=c1c2cn[nH]c2c2ncc(-c3ccncc3)cc2n1CC(F)(F)F. The molecule has 8 heterocycles. The van der Waals surface area contributed by atoms with Crippen LogP contribution in [0.5, 0.6) is 0 Å². The van der Waals surface area contributed by atoms with Gasteiger partial charge in [-0.05, 0) is 42.0 Å². The van der Waals surface area contributed by atoms with Gasteiger partial charge in [0.2, 0.25) is 0 Å². The van der Waals surface area contributed by atoms with Crippen molar-refractivity contribution >= 4 is 43.9 Å². The van der Waals surface area contributed by atoms with Gasteiger partial charge in [-0.2, -0.15) is 36.5 Å². The van der Waals surface area contributed by atoms with Crippen molar-refractivity contribution < 1.29 is 26.3 Å². The fourth-order valence-electron chi connectivity index (χ4n) is 5.52. The lowest BCUT2D eigenvalue weighted by Crippen LogP contribution is -2.28. The van der Waals surface area contributed by atoms with Crippen molar-refractivity contribution in [2.75, 3.05) is 0 Å². The highest BCUT2D eigenvalue weighted by molar-refractivity contribution is 6.02. The van der Waals surface area contributed by atoms with Gasteiger partial charge in [0.15, 0.2) is 0 Å². The molecule has 0 aliphatic heterocycles. The molecule has 0 bridgehead atoms. The van der Waals surface area contributed by atoms with Crippen molar-refractivity contribution in [1.29, 1.82) is 0 Å². The summed E-state index contributed by atoms with van der Waals surface area (Å²) >= 11 is 0. The molecule has 0 amide bonds. The van der Waals surface area contributed by atoms with Gasteiger partial charge >= 0.3 is 12.4 Å². The summed E-state index contributed by atoms with van der Waals surface area (Å²) in [6, 6.07) is 11.6. The van der Waals surface area contributed by atoms with Crippen molar-refractivity contribution in [2.24, 2.45) is 0 Å². The quantitative estimate of drug-likeness (QED) is 0.220. The maximum atomic E-state index is 13.0. The van der Waals surface area contributed by atoms with Crippen LogP contribution in [0.3, 0.4) is 0 Å². The third-order valence-electron chi connectivity index (χ3n) is 7.67. The van der Waals surface area contributed by atoms with Crippen molar-refractivity contribution in [1.82, 2.24) is 49.5 Å². The zero-order valence-electron chi connectivity index (χ0n) is 25.2. The molecular formula is C32H20F6N10O2. The molecule has 0 unspecified atom stereocenters. The molecule has 0 saturated heterocycles. The number of pyridine rings is 6. The van der Waals surface area contributed by atoms with Crippen LogP contribution in [-0.2, 0) is 13.1 Å². The maximum absolute atomic E-state index is 13.0. The number of H-pyrrole nitrogens is 2. The summed E-state index contributed by atoms with van der Waals surface area (Å²) in [5.74, 6) is 0. The highest BCUT2D eigenvalue weighted by Crippen LogP contribution is 2.28. The third kappa shape index (κ3) is 6.13. The molecular weight excluding hydrogens is 670 g/mol. The number of hydrogen-bond acceptors (Lipinski definition) is 8. The van der Waals surface area contributed by atoms with E-state index in [1.54, 1.807) is 55.1 Å². The number of nitrogens with zero attached hydrogens (tertiary/aromatic N) is 8. The third-order valence-corrected chi connectivity index (χ3v) is 7.67. The van der Waals surface area contributed by atoms with Gasteiger partial charge in [-0.1, -0.05) is 6.07 Å². The first-order chi connectivity index (χ1) is 23.9. The summed E-state index contributed by atoms with van der Waals surface area (Å²) in [6.45, 7) is -2.80. The van der Waals surface area contributed by atoms with Gasteiger partial charge in [0, 0.05) is 42.1 Å². The molecule has 8 aromatic heterocycles. The summed E-state index contributed by atoms with van der Waals surface area (Å²) in [4.78, 5) is 41.6. The lowest BCUT2D eigenvalue weighted by molar-refractivity contribution is -0.141. The number of hydrogen-bond donors (Lipinski definition) is 2. The lowest BCUT2D eigenvalue weighted by Gasteiger charge is -2.14. The molecule has 0 aromatic carbocycles. The molecule has 0 aliphatic rings. The number of aromatic amines is 2. The van der Waals surface area contributed by atoms with E-state index in [4.69, 9.17) is 0 Å². The molecule has 12 nitrogen and oxygen atoms in total. The molecule has 2 N–H and O–H groups in total. The molecule has 0 radical (unpaired) electrons. The Morgan fingerprint density at radius 1 is 0.600 bits per heavy atom. The molecule has 0 fully saturated rings. The normalized spacial score (nSPS) is 12.1. The maximum Gasteiger partial charge on any atom is 0.406 e. The van der Waals surface area contributed by atoms with Crippen LogP contribution in [0.1, 0.15) is 0 Å². The van der Waals surface area contributed by atoms with E-state index in [2.05, 4.69) is 40.3 Å². The van der Waals surface area contributed by atoms with Gasteiger partial charge in [-0.15, -0.1) is 0 Å². The van der Waals surface area contributed by atoms with Gasteiger partial charge in [0.05, 0.1) is 50.9 Å². The molecule has 18 heteroatoms. The predicted molar refractivity (Wildman–Crippen MR) is 170 cm³/mol. The second-order valence-corrected chi connectivity index (χ2v) is 11.0. The van der Waals surface area contributed by atoms with Crippen LogP contribution >= 0.6 is 0 Å². The Hall–Kier alpha value is -6.46. The molecule has 252 valence electrons. The van der Waals surface area contributed by atoms with Crippen LogP contribution in [0, 0.1) is 0 Å². The van der Waals surface area contributed by atoms with Crippen LogP contribution in [0.25, 0.3) is 66.3 Å². The number of halogens is 6. The van der Waals surface area contributed by atoms with Crippen molar-refractivity contribution in [3.05, 3.63) is 107 Å². The van der Waals surface area contributed by atoms with Gasteiger partial charge in [-0.3, -0.25) is 48.9 Å². The number of alkyl halides is 6. The highest BCUT2D eigenvalue weighted by atomic mass is 19.4. The van der Waals surface area contributed by atoms with E-state index < -0.39 is 36.6 Å². The minimum atomic E-state index is -4.55. The fraction of sp³-hybridized carbons (Fsp3) is 0.125. The molecule has 50 heavy (non-hydrogen) atoms. The molecule has 8 rings (SSSR count). The number of nitrogens with one attached hydrogen (secondary N) is 2. The lowest BCUT2D eigenvalue weighted by atomic mass is 10.1. The summed E-state index contributed by atoms with van der Waals surface area (Å²) in [7, 11) is 0. The first-order valence-corrected chi connectivity index (χ1v) is 14.5. The highest BCUT2D eigenvalue weighted by Gasteiger charge is 2.31. The average Bonchev–Trinajstić information content (AvgIpc) is 3.80. The number of rotatable bonds is 4. The zero-order valence-corrected chi connectivity index (χ0v) is 25.2. The summed E-state index contributed by atoms with van der Waals surface area (Å²) in [5, 5.41) is 12.9. The largest absolute Gasteiger partial charge is 0.406 e. The van der Waals surface area contributed by atoms with Crippen LogP contribution < -0.4 is 11.1 Å². The number of fused-ring (bicyclic) bond motifs is 6. The Morgan fingerprint density at radius 2 is 1.12 bits per heavy atom. The standard InChI is InChI=1S/2C16H10F3N5O/c17-16(18,19)8-24-12-5-10(9-1-3-20-4-2-9)6-21-14(12)13-11(15(24)25)7-22-23-13;17-16(18,19)8-24-12-5-9(11-3-1-2-4-20-11)6-21-14(12)13-10(15(24)25)7-22-23-13/h2*1-7H,8H2,(H,22,23). The van der Waals surface area contributed by atoms with E-state index in [-0.39, 0.29) is 32.8 Å². The Bertz CT molecular complexity index is 2450. The Morgan fingerprint density at radius 3 is 1.62 bits per heavy atom. The van der Waals surface area contributed by atoms with Crippen LogP contribution in [0.15, 0.2) is 95.4 Å². The first-order valence-electron chi connectivity index (χ1n) is 14.5. The summed E-state index contributed by atoms with van der Waals surface area (Å²) in [6.07, 6.45) is 1.09. The van der Waals surface area contributed by atoms with E-state index >= 15 is 0 Å². The second-order valence-electron chi connectivity index (χ2n) is 11.0. The Kier molecular flexibility index (Phi) is 7.84. The average molecular weight is 691 g/mol. The molecule has 0 atom stereocenters. The molecule has 0 spiro atoms. The minimum absolute atomic E-state index is 0.0647. The van der Waals surface area contributed by atoms with Gasteiger partial charge in [0.25, 0.3) is 11.1 Å².